The van der Waals surface area contributed by atoms with Crippen LogP contribution in [0.25, 0.3) is 11.1 Å². The SMILES string of the molecule is CCC(=O)NCCNC(=O)NC(N)=NCCC[C@@H](NC(=O)[C@H](c1ccc(OCCCNC2CCN(C(=O)CCCCCNC(=O)OCC3c4ccccc4-c4ccccc43)CC2)cc1)N1Cc2ccccc2C1)C(=O)NCc1c(F)cc(O)cc1F. The molecule has 458 valence electrons. The number of carbonyl (C=O) groups excluding carboxylic acids is 6. The summed E-state index contributed by atoms with van der Waals surface area (Å²) >= 11 is 0. The monoisotopic (exact) mass is 1180 g/mol. The minimum atomic E-state index is -1.21. The summed E-state index contributed by atoms with van der Waals surface area (Å²) < 4.78 is 41.2. The summed E-state index contributed by atoms with van der Waals surface area (Å²) in [6, 6.07) is 30.6. The number of benzene rings is 5. The van der Waals surface area contributed by atoms with E-state index < -0.39 is 65.5 Å². The summed E-state index contributed by atoms with van der Waals surface area (Å²) in [5.74, 6) is -3.55. The molecule has 1 aliphatic carbocycles. The number of alkyl carbamates (subject to hydrolysis) is 1. The molecule has 86 heavy (non-hydrogen) atoms. The number of carbonyl (C=O) groups is 6. The molecule has 5 aromatic rings. The van der Waals surface area contributed by atoms with Crippen molar-refractivity contribution in [2.75, 3.05) is 59.0 Å². The summed E-state index contributed by atoms with van der Waals surface area (Å²) in [5, 5.41) is 29.2. The Morgan fingerprint density at radius 3 is 2.06 bits per heavy atom. The van der Waals surface area contributed by atoms with Gasteiger partial charge in [0.15, 0.2) is 5.96 Å². The van der Waals surface area contributed by atoms with Gasteiger partial charge in [-0.2, -0.15) is 0 Å². The predicted octanol–water partition coefficient (Wildman–Crippen LogP) is 6.90. The van der Waals surface area contributed by atoms with Crippen molar-refractivity contribution >= 4 is 41.7 Å². The van der Waals surface area contributed by atoms with Gasteiger partial charge in [0.1, 0.15) is 41.8 Å². The van der Waals surface area contributed by atoms with Gasteiger partial charge in [-0.1, -0.05) is 98.3 Å². The van der Waals surface area contributed by atoms with Crippen LogP contribution in [0.5, 0.6) is 11.5 Å². The molecule has 20 nitrogen and oxygen atoms in total. The third kappa shape index (κ3) is 18.2. The number of guanidine groups is 1. The average Bonchev–Trinajstić information content (AvgIpc) is 1.82. The van der Waals surface area contributed by atoms with Crippen LogP contribution >= 0.6 is 0 Å². The number of nitrogens with two attached hydrogens (primary N) is 1. The van der Waals surface area contributed by atoms with Gasteiger partial charge in [0.05, 0.1) is 6.61 Å². The number of nitrogens with one attached hydrogen (secondary N) is 7. The quantitative estimate of drug-likeness (QED) is 0.0135. The second-order valence-corrected chi connectivity index (χ2v) is 21.7. The van der Waals surface area contributed by atoms with Gasteiger partial charge >= 0.3 is 12.1 Å². The number of urea groups is 1. The van der Waals surface area contributed by atoms with Gasteiger partial charge in [0.25, 0.3) is 0 Å². The first kappa shape index (κ1) is 63.4. The molecular formula is C64H79F2N11O9. The fourth-order valence-electron chi connectivity index (χ4n) is 11.1. The fraction of sp³-hybridized carbons (Fsp3) is 0.422. The van der Waals surface area contributed by atoms with Crippen LogP contribution in [0.3, 0.4) is 0 Å². The molecule has 1 saturated heterocycles. The summed E-state index contributed by atoms with van der Waals surface area (Å²) in [6.45, 7) is 5.73. The van der Waals surface area contributed by atoms with Gasteiger partial charge in [-0.15, -0.1) is 0 Å². The Bertz CT molecular complexity index is 3070. The number of aromatic hydroxyl groups is 1. The van der Waals surface area contributed by atoms with E-state index in [1.54, 1.807) is 19.1 Å². The smallest absolute Gasteiger partial charge is 0.407 e. The minimum Gasteiger partial charge on any atom is -0.508 e. The highest BCUT2D eigenvalue weighted by Crippen LogP contribution is 2.44. The maximum Gasteiger partial charge on any atom is 0.407 e. The molecule has 1 fully saturated rings. The van der Waals surface area contributed by atoms with Crippen LogP contribution in [0.1, 0.15) is 116 Å². The molecule has 0 unspecified atom stereocenters. The van der Waals surface area contributed by atoms with Crippen molar-refractivity contribution in [2.45, 2.75) is 115 Å². The zero-order valence-corrected chi connectivity index (χ0v) is 48.6. The minimum absolute atomic E-state index is 0.00767. The maximum atomic E-state index is 14.7. The molecule has 0 radical (unpaired) electrons. The van der Waals surface area contributed by atoms with Crippen LogP contribution in [0.2, 0.25) is 0 Å². The topological polar surface area (TPSA) is 270 Å². The summed E-state index contributed by atoms with van der Waals surface area (Å²) in [4.78, 5) is 86.1. The van der Waals surface area contributed by atoms with Gasteiger partial charge in [-0.25, -0.2) is 18.4 Å². The van der Waals surface area contributed by atoms with E-state index in [1.807, 2.05) is 70.5 Å². The second kappa shape index (κ2) is 32.0. The Kier molecular flexibility index (Phi) is 23.6. The molecule has 7 amide bonds. The molecule has 22 heteroatoms. The van der Waals surface area contributed by atoms with E-state index in [2.05, 4.69) is 66.5 Å². The molecule has 2 atom stereocenters. The molecule has 5 aromatic carbocycles. The zero-order chi connectivity index (χ0) is 60.8. The molecule has 0 bridgehead atoms. The van der Waals surface area contributed by atoms with E-state index in [0.29, 0.717) is 63.5 Å². The van der Waals surface area contributed by atoms with E-state index in [4.69, 9.17) is 15.2 Å². The van der Waals surface area contributed by atoms with Crippen molar-refractivity contribution < 1.29 is 52.1 Å². The van der Waals surface area contributed by atoms with Crippen LogP contribution in [-0.4, -0.2) is 128 Å². The van der Waals surface area contributed by atoms with Crippen LogP contribution in [0.15, 0.2) is 114 Å². The van der Waals surface area contributed by atoms with Gasteiger partial charge in [0.2, 0.25) is 23.6 Å². The van der Waals surface area contributed by atoms with Gasteiger partial charge < -0.3 is 57.1 Å². The lowest BCUT2D eigenvalue weighted by molar-refractivity contribution is -0.132. The highest BCUT2D eigenvalue weighted by atomic mass is 19.1. The molecule has 8 rings (SSSR count). The van der Waals surface area contributed by atoms with E-state index >= 15 is 0 Å². The van der Waals surface area contributed by atoms with Crippen molar-refractivity contribution in [1.29, 1.82) is 0 Å². The van der Waals surface area contributed by atoms with E-state index in [9.17, 15) is 42.7 Å². The lowest BCUT2D eigenvalue weighted by atomic mass is 9.98. The van der Waals surface area contributed by atoms with Crippen LogP contribution in [0.4, 0.5) is 18.4 Å². The van der Waals surface area contributed by atoms with E-state index in [0.717, 1.165) is 68.3 Å². The molecule has 2 heterocycles. The standard InChI is InChI=1S/C64H79F2N11O9/c1-2-57(79)69-31-32-71-63(83)75-62(67)70-29-12-20-56(60(81)73-38-52-54(65)36-46(78)37-55(52)66)74-61(82)59(77-39-43-14-5-6-15-44(43)40-77)42-22-24-47(25-23-42)85-35-13-30-68-45-26-33-76(34-27-45)58(80)21-4-3-11-28-72-64(84)86-41-53-50-18-9-7-16-48(50)49-17-8-10-19-51(49)53/h5-10,14-19,22-25,36-37,45,53,56,59,68,78H,2-4,11-13,20-21,26-35,38-41H2,1H3,(H,69,79)(H,72,84)(H,73,81)(H,74,82)(H4,67,70,71,75,83)/t56-,59+/m1/s1. The van der Waals surface area contributed by atoms with E-state index in [-0.39, 0.29) is 68.8 Å². The number of ether oxygens (including phenoxy) is 2. The molecule has 0 saturated carbocycles. The molecule has 10 N–H and O–H groups in total. The number of fused-ring (bicyclic) bond motifs is 4. The van der Waals surface area contributed by atoms with Gasteiger partial charge in [-0.05, 0) is 103 Å². The average molecular weight is 1180 g/mol. The molecule has 3 aliphatic rings. The normalized spacial score (nSPS) is 14.7. The predicted molar refractivity (Wildman–Crippen MR) is 321 cm³/mol. The Morgan fingerprint density at radius 1 is 0.733 bits per heavy atom. The van der Waals surface area contributed by atoms with Gasteiger partial charge in [0, 0.05) is 101 Å². The Hall–Kier alpha value is -8.63. The number of aliphatic imine (C=N–C) groups is 1. The lowest BCUT2D eigenvalue weighted by Crippen LogP contribution is -2.50. The van der Waals surface area contributed by atoms with E-state index in [1.165, 1.54) is 22.3 Å². The number of hydrogen-bond donors (Lipinski definition) is 9. The first-order valence-corrected chi connectivity index (χ1v) is 29.7. The first-order chi connectivity index (χ1) is 41.7. The van der Waals surface area contributed by atoms with Gasteiger partial charge in [-0.3, -0.25) is 34.4 Å². The first-order valence-electron chi connectivity index (χ1n) is 29.7. The molecular weight excluding hydrogens is 1100 g/mol. The number of rotatable bonds is 29. The third-order valence-electron chi connectivity index (χ3n) is 15.7. The highest BCUT2D eigenvalue weighted by Gasteiger charge is 2.35. The second-order valence-electron chi connectivity index (χ2n) is 21.7. The van der Waals surface area contributed by atoms with Crippen molar-refractivity contribution in [1.82, 2.24) is 47.0 Å². The fourth-order valence-corrected chi connectivity index (χ4v) is 11.1. The summed E-state index contributed by atoms with van der Waals surface area (Å²) in [6.07, 6.45) is 5.32. The summed E-state index contributed by atoms with van der Waals surface area (Å²) in [7, 11) is 0. The van der Waals surface area contributed by atoms with Crippen molar-refractivity contribution in [3.8, 4) is 22.6 Å². The van der Waals surface area contributed by atoms with Crippen LogP contribution < -0.4 is 47.7 Å². The Balaban J connectivity index is 0.759. The molecule has 0 spiro atoms. The number of phenols is 1. The molecule has 2 aliphatic heterocycles. The number of likely N-dealkylation sites (tertiary alicyclic amines) is 1. The number of halogens is 2. The number of hydrogen-bond acceptors (Lipinski definition) is 12. The number of unbranched alkanes of at least 4 members (excludes halogenated alkanes) is 2. The van der Waals surface area contributed by atoms with Crippen LogP contribution in [-0.2, 0) is 43.5 Å². The highest BCUT2D eigenvalue weighted by molar-refractivity contribution is 5.95. The van der Waals surface area contributed by atoms with Crippen molar-refractivity contribution in [3.63, 3.8) is 0 Å². The summed E-state index contributed by atoms with van der Waals surface area (Å²) in [5.41, 5.74) is 12.9. The lowest BCUT2D eigenvalue weighted by Gasteiger charge is -2.32. The Morgan fingerprint density at radius 2 is 1.38 bits per heavy atom. The largest absolute Gasteiger partial charge is 0.508 e. The Labute approximate surface area is 500 Å². The van der Waals surface area contributed by atoms with Crippen LogP contribution in [0, 0.1) is 11.6 Å². The number of phenolic OH excluding ortho intramolecular Hbond substituents is 1. The number of piperidine rings is 1. The zero-order valence-electron chi connectivity index (χ0n) is 48.6. The maximum absolute atomic E-state index is 14.7. The van der Waals surface area contributed by atoms with Crippen molar-refractivity contribution in [3.05, 3.63) is 154 Å². The number of nitrogens with zero attached hydrogens (tertiary/aromatic N) is 3. The number of amides is 7. The third-order valence-corrected chi connectivity index (χ3v) is 15.7. The van der Waals surface area contributed by atoms with Crippen molar-refractivity contribution in [2.24, 2.45) is 10.7 Å². The molecule has 0 aromatic heterocycles.